The molecule has 0 aromatic heterocycles. The van der Waals surface area contributed by atoms with Crippen LogP contribution in [0.3, 0.4) is 0 Å². The smallest absolute Gasteiger partial charge is 0.328 e. The summed E-state index contributed by atoms with van der Waals surface area (Å²) in [4.78, 5) is 13.2. The maximum atomic E-state index is 11.2. The molecule has 2 N–H and O–H groups in total. The number of hydrogen-bond acceptors (Lipinski definition) is 3. The van der Waals surface area contributed by atoms with E-state index in [0.717, 1.165) is 11.3 Å². The van der Waals surface area contributed by atoms with E-state index in [4.69, 9.17) is 0 Å². The van der Waals surface area contributed by atoms with Gasteiger partial charge in [0.1, 0.15) is 5.54 Å². The summed E-state index contributed by atoms with van der Waals surface area (Å²) >= 11 is 0. The van der Waals surface area contributed by atoms with E-state index < -0.39 is 11.5 Å². The summed E-state index contributed by atoms with van der Waals surface area (Å²) < 4.78 is 0. The predicted octanol–water partition coefficient (Wildman–Crippen LogP) is 1.27. The number of benzene rings is 1. The molecule has 0 amide bonds. The molecule has 0 fully saturated rings. The molecule has 0 aliphatic heterocycles. The normalized spacial score (nSPS) is 14.2. The Hall–Kier alpha value is -1.55. The summed E-state index contributed by atoms with van der Waals surface area (Å²) in [6, 6.07) is 7.49. The fraction of sp³-hybridized carbons (Fsp3) is 0.417. The van der Waals surface area contributed by atoms with Crippen LogP contribution in [0.25, 0.3) is 0 Å². The Labute approximate surface area is 95.9 Å². The number of nitrogens with zero attached hydrogens (tertiary/aromatic N) is 1. The van der Waals surface area contributed by atoms with Crippen LogP contribution in [-0.2, 0) is 10.3 Å². The average molecular weight is 222 g/mol. The molecule has 0 aliphatic rings. The largest absolute Gasteiger partial charge is 0.480 e. The van der Waals surface area contributed by atoms with Crippen LogP contribution < -0.4 is 10.2 Å². The number of nitrogens with one attached hydrogen (secondary N) is 1. The van der Waals surface area contributed by atoms with Crippen molar-refractivity contribution in [1.82, 2.24) is 5.32 Å². The van der Waals surface area contributed by atoms with Crippen molar-refractivity contribution in [2.24, 2.45) is 0 Å². The molecular weight excluding hydrogens is 204 g/mol. The Bertz CT molecular complexity index is 373. The molecule has 0 radical (unpaired) electrons. The zero-order valence-electron chi connectivity index (χ0n) is 10.1. The molecule has 0 saturated heterocycles. The zero-order valence-corrected chi connectivity index (χ0v) is 10.1. The molecule has 1 aromatic rings. The van der Waals surface area contributed by atoms with Gasteiger partial charge in [-0.05, 0) is 31.7 Å². The molecule has 0 saturated carbocycles. The second-order valence-electron chi connectivity index (χ2n) is 4.12. The van der Waals surface area contributed by atoms with E-state index in [0.29, 0.717) is 0 Å². The van der Waals surface area contributed by atoms with Gasteiger partial charge in [-0.1, -0.05) is 12.1 Å². The molecule has 0 spiro atoms. The zero-order chi connectivity index (χ0) is 12.3. The summed E-state index contributed by atoms with van der Waals surface area (Å²) in [5.74, 6) is -0.882. The van der Waals surface area contributed by atoms with E-state index >= 15 is 0 Å². The SMILES string of the molecule is CNC(C)(C(=O)O)c1ccc(N(C)C)cc1. The molecule has 1 unspecified atom stereocenters. The molecule has 0 aliphatic carbocycles. The van der Waals surface area contributed by atoms with Gasteiger partial charge in [-0.3, -0.25) is 0 Å². The van der Waals surface area contributed by atoms with Crippen molar-refractivity contribution in [3.8, 4) is 0 Å². The van der Waals surface area contributed by atoms with Crippen LogP contribution in [0.4, 0.5) is 5.69 Å². The first kappa shape index (κ1) is 12.5. The van der Waals surface area contributed by atoms with Crippen LogP contribution in [0, 0.1) is 0 Å². The minimum absolute atomic E-state index is 0.744. The monoisotopic (exact) mass is 222 g/mol. The molecular formula is C12H18N2O2. The van der Waals surface area contributed by atoms with Crippen molar-refractivity contribution < 1.29 is 9.90 Å². The Morgan fingerprint density at radius 2 is 1.81 bits per heavy atom. The van der Waals surface area contributed by atoms with E-state index in [1.54, 1.807) is 14.0 Å². The molecule has 1 rings (SSSR count). The lowest BCUT2D eigenvalue weighted by Crippen LogP contribution is -2.44. The molecule has 16 heavy (non-hydrogen) atoms. The third kappa shape index (κ3) is 2.17. The van der Waals surface area contributed by atoms with Crippen LogP contribution >= 0.6 is 0 Å². The quantitative estimate of drug-likeness (QED) is 0.805. The van der Waals surface area contributed by atoms with Crippen molar-refractivity contribution in [2.45, 2.75) is 12.5 Å². The predicted molar refractivity (Wildman–Crippen MR) is 64.8 cm³/mol. The van der Waals surface area contributed by atoms with E-state index in [-0.39, 0.29) is 0 Å². The first-order valence-electron chi connectivity index (χ1n) is 5.12. The van der Waals surface area contributed by atoms with E-state index in [1.165, 1.54) is 0 Å². The van der Waals surface area contributed by atoms with Crippen LogP contribution in [-0.4, -0.2) is 32.2 Å². The van der Waals surface area contributed by atoms with Gasteiger partial charge in [0.25, 0.3) is 0 Å². The summed E-state index contributed by atoms with van der Waals surface area (Å²) in [7, 11) is 5.54. The van der Waals surface area contributed by atoms with Gasteiger partial charge in [0.15, 0.2) is 0 Å². The van der Waals surface area contributed by atoms with Gasteiger partial charge in [0.2, 0.25) is 0 Å². The third-order valence-electron chi connectivity index (χ3n) is 2.89. The van der Waals surface area contributed by atoms with Gasteiger partial charge in [0.05, 0.1) is 0 Å². The van der Waals surface area contributed by atoms with E-state index in [1.807, 2.05) is 43.3 Å². The number of carbonyl (C=O) groups is 1. The number of hydrogen-bond donors (Lipinski definition) is 2. The lowest BCUT2D eigenvalue weighted by atomic mass is 9.92. The van der Waals surface area contributed by atoms with Gasteiger partial charge >= 0.3 is 5.97 Å². The van der Waals surface area contributed by atoms with Crippen molar-refractivity contribution in [2.75, 3.05) is 26.0 Å². The lowest BCUT2D eigenvalue weighted by molar-refractivity contribution is -0.144. The van der Waals surface area contributed by atoms with Gasteiger partial charge in [-0.2, -0.15) is 0 Å². The highest BCUT2D eigenvalue weighted by Gasteiger charge is 2.33. The lowest BCUT2D eigenvalue weighted by Gasteiger charge is -2.25. The molecule has 1 atom stereocenters. The number of aliphatic carboxylic acids is 1. The summed E-state index contributed by atoms with van der Waals surface area (Å²) in [5.41, 5.74) is 0.755. The van der Waals surface area contributed by atoms with Gasteiger partial charge in [-0.15, -0.1) is 0 Å². The van der Waals surface area contributed by atoms with Crippen LogP contribution in [0.1, 0.15) is 12.5 Å². The Morgan fingerprint density at radius 3 is 2.12 bits per heavy atom. The Balaban J connectivity index is 3.09. The fourth-order valence-electron chi connectivity index (χ4n) is 1.47. The molecule has 4 heteroatoms. The number of carboxylic acids is 1. The van der Waals surface area contributed by atoms with Crippen molar-refractivity contribution in [3.63, 3.8) is 0 Å². The van der Waals surface area contributed by atoms with Gasteiger partial charge in [-0.25, -0.2) is 4.79 Å². The van der Waals surface area contributed by atoms with E-state index in [2.05, 4.69) is 5.32 Å². The van der Waals surface area contributed by atoms with Gasteiger partial charge < -0.3 is 15.3 Å². The van der Waals surface area contributed by atoms with Crippen LogP contribution in [0.15, 0.2) is 24.3 Å². The highest BCUT2D eigenvalue weighted by molar-refractivity contribution is 5.80. The standard InChI is InChI=1S/C12H18N2O2/c1-12(13-2,11(15)16)9-5-7-10(8-6-9)14(3)4/h5-8,13H,1-4H3,(H,15,16). The minimum atomic E-state index is -1.04. The Morgan fingerprint density at radius 1 is 1.31 bits per heavy atom. The van der Waals surface area contributed by atoms with Crippen molar-refractivity contribution in [1.29, 1.82) is 0 Å². The number of likely N-dealkylation sites (N-methyl/N-ethyl adjacent to an activating group) is 1. The molecule has 1 aromatic carbocycles. The van der Waals surface area contributed by atoms with Crippen LogP contribution in [0.2, 0.25) is 0 Å². The number of anilines is 1. The number of carboxylic acid groups (broad SMARTS) is 1. The highest BCUT2D eigenvalue weighted by atomic mass is 16.4. The second-order valence-corrected chi connectivity index (χ2v) is 4.12. The maximum absolute atomic E-state index is 11.2. The van der Waals surface area contributed by atoms with Gasteiger partial charge in [0, 0.05) is 19.8 Å². The topological polar surface area (TPSA) is 52.6 Å². The maximum Gasteiger partial charge on any atom is 0.328 e. The summed E-state index contributed by atoms with van der Waals surface area (Å²) in [6.45, 7) is 1.65. The second kappa shape index (κ2) is 4.53. The molecule has 0 heterocycles. The molecule has 0 bridgehead atoms. The average Bonchev–Trinajstić information content (AvgIpc) is 2.27. The highest BCUT2D eigenvalue weighted by Crippen LogP contribution is 2.23. The van der Waals surface area contributed by atoms with E-state index in [9.17, 15) is 9.90 Å². The minimum Gasteiger partial charge on any atom is -0.480 e. The van der Waals surface area contributed by atoms with Crippen molar-refractivity contribution >= 4 is 11.7 Å². The Kier molecular flexibility index (Phi) is 3.55. The molecule has 88 valence electrons. The molecule has 4 nitrogen and oxygen atoms in total. The first-order valence-corrected chi connectivity index (χ1v) is 5.12. The summed E-state index contributed by atoms with van der Waals surface area (Å²) in [6.07, 6.45) is 0. The van der Waals surface area contributed by atoms with Crippen LogP contribution in [0.5, 0.6) is 0 Å². The summed E-state index contributed by atoms with van der Waals surface area (Å²) in [5, 5.41) is 12.0. The van der Waals surface area contributed by atoms with Crippen molar-refractivity contribution in [3.05, 3.63) is 29.8 Å². The fourth-order valence-corrected chi connectivity index (χ4v) is 1.47. The number of rotatable bonds is 4. The first-order chi connectivity index (χ1) is 7.41. The third-order valence-corrected chi connectivity index (χ3v) is 2.89.